The van der Waals surface area contributed by atoms with Crippen LogP contribution in [0.5, 0.6) is 0 Å². The first-order chi connectivity index (χ1) is 11.9. The molecule has 1 aromatic carbocycles. The molecule has 128 valence electrons. The van der Waals surface area contributed by atoms with E-state index in [4.69, 9.17) is 0 Å². The number of aryl methyl sites for hydroxylation is 2. The molecule has 0 saturated heterocycles. The Bertz CT molecular complexity index is 975. The fraction of sp³-hybridized carbons (Fsp3) is 0.222. The quantitative estimate of drug-likeness (QED) is 0.795. The molecule has 0 radical (unpaired) electrons. The van der Waals surface area contributed by atoms with Gasteiger partial charge < -0.3 is 10.2 Å². The van der Waals surface area contributed by atoms with Gasteiger partial charge in [-0.15, -0.1) is 0 Å². The van der Waals surface area contributed by atoms with Crippen molar-refractivity contribution in [2.45, 2.75) is 13.8 Å². The van der Waals surface area contributed by atoms with Crippen molar-refractivity contribution in [2.75, 3.05) is 19.4 Å². The van der Waals surface area contributed by atoms with E-state index in [-0.39, 0.29) is 11.8 Å². The third-order valence-corrected chi connectivity index (χ3v) is 3.80. The smallest absolute Gasteiger partial charge is 0.261 e. The van der Waals surface area contributed by atoms with Crippen molar-refractivity contribution >= 4 is 23.1 Å². The first kappa shape index (κ1) is 16.6. The Labute approximate surface area is 145 Å². The van der Waals surface area contributed by atoms with Crippen molar-refractivity contribution in [3.8, 4) is 0 Å². The van der Waals surface area contributed by atoms with E-state index in [0.29, 0.717) is 22.5 Å². The molecule has 0 aliphatic rings. The number of aromatic nitrogens is 3. The number of hydrogen-bond acceptors (Lipinski definition) is 4. The third kappa shape index (κ3) is 3.21. The fourth-order valence-electron chi connectivity index (χ4n) is 2.62. The molecule has 7 heteroatoms. The van der Waals surface area contributed by atoms with Crippen LogP contribution in [0.15, 0.2) is 36.5 Å². The van der Waals surface area contributed by atoms with Crippen molar-refractivity contribution in [1.82, 2.24) is 19.5 Å². The minimum Gasteiger partial charge on any atom is -0.345 e. The zero-order valence-electron chi connectivity index (χ0n) is 14.6. The zero-order valence-corrected chi connectivity index (χ0v) is 14.6. The fourth-order valence-corrected chi connectivity index (χ4v) is 2.62. The Hall–Kier alpha value is -3.22. The lowest BCUT2D eigenvalue weighted by molar-refractivity contribution is 0.0827. The van der Waals surface area contributed by atoms with Gasteiger partial charge in [-0.1, -0.05) is 6.07 Å². The summed E-state index contributed by atoms with van der Waals surface area (Å²) in [7, 11) is 3.37. The van der Waals surface area contributed by atoms with Gasteiger partial charge in [0.05, 0.1) is 6.20 Å². The SMILES string of the molecule is Cc1cc(C)n2ncc(C(=O)Nc3cccc(C(=O)N(C)C)c3)c2n1. The summed E-state index contributed by atoms with van der Waals surface area (Å²) in [6.45, 7) is 3.78. The van der Waals surface area contributed by atoms with E-state index in [2.05, 4.69) is 15.4 Å². The average molecular weight is 337 g/mol. The van der Waals surface area contributed by atoms with Gasteiger partial charge in [0.1, 0.15) is 5.56 Å². The Balaban J connectivity index is 1.91. The molecule has 0 atom stereocenters. The van der Waals surface area contributed by atoms with Crippen LogP contribution in [0.25, 0.3) is 5.65 Å². The number of fused-ring (bicyclic) bond motifs is 1. The van der Waals surface area contributed by atoms with Crippen LogP contribution >= 0.6 is 0 Å². The van der Waals surface area contributed by atoms with Crippen LogP contribution in [0.1, 0.15) is 32.1 Å². The standard InChI is InChI=1S/C18H19N5O2/c1-11-8-12(2)23-16(20-11)15(10-19-23)17(24)21-14-7-5-6-13(9-14)18(25)22(3)4/h5-10H,1-4H3,(H,21,24). The van der Waals surface area contributed by atoms with E-state index in [0.717, 1.165) is 11.4 Å². The van der Waals surface area contributed by atoms with Crippen LogP contribution in [-0.2, 0) is 0 Å². The van der Waals surface area contributed by atoms with E-state index in [9.17, 15) is 9.59 Å². The monoisotopic (exact) mass is 337 g/mol. The third-order valence-electron chi connectivity index (χ3n) is 3.80. The molecule has 25 heavy (non-hydrogen) atoms. The van der Waals surface area contributed by atoms with Gasteiger partial charge in [0.2, 0.25) is 0 Å². The van der Waals surface area contributed by atoms with Gasteiger partial charge in [0.15, 0.2) is 5.65 Å². The van der Waals surface area contributed by atoms with Crippen molar-refractivity contribution in [3.05, 3.63) is 59.0 Å². The van der Waals surface area contributed by atoms with Crippen LogP contribution in [0, 0.1) is 13.8 Å². The maximum absolute atomic E-state index is 12.6. The number of carbonyl (C=O) groups excluding carboxylic acids is 2. The van der Waals surface area contributed by atoms with Crippen molar-refractivity contribution in [3.63, 3.8) is 0 Å². The number of rotatable bonds is 3. The molecule has 0 aliphatic heterocycles. The highest BCUT2D eigenvalue weighted by Gasteiger charge is 2.16. The topological polar surface area (TPSA) is 79.6 Å². The number of carbonyl (C=O) groups is 2. The maximum Gasteiger partial charge on any atom is 0.261 e. The number of nitrogens with one attached hydrogen (secondary N) is 1. The van der Waals surface area contributed by atoms with Gasteiger partial charge in [-0.2, -0.15) is 5.10 Å². The highest BCUT2D eigenvalue weighted by atomic mass is 16.2. The summed E-state index contributed by atoms with van der Waals surface area (Å²) in [5, 5.41) is 7.03. The van der Waals surface area contributed by atoms with Gasteiger partial charge in [-0.05, 0) is 38.1 Å². The molecular weight excluding hydrogens is 318 g/mol. The summed E-state index contributed by atoms with van der Waals surface area (Å²) >= 11 is 0. The van der Waals surface area contributed by atoms with Crippen LogP contribution in [-0.4, -0.2) is 45.4 Å². The van der Waals surface area contributed by atoms with Crippen molar-refractivity contribution in [1.29, 1.82) is 0 Å². The molecule has 0 unspecified atom stereocenters. The molecule has 0 fully saturated rings. The summed E-state index contributed by atoms with van der Waals surface area (Å²) in [5.74, 6) is -0.443. The average Bonchev–Trinajstić information content (AvgIpc) is 2.98. The van der Waals surface area contributed by atoms with E-state index in [1.807, 2.05) is 19.9 Å². The highest BCUT2D eigenvalue weighted by molar-refractivity contribution is 6.08. The highest BCUT2D eigenvalue weighted by Crippen LogP contribution is 2.16. The molecular formula is C18H19N5O2. The van der Waals surface area contributed by atoms with E-state index < -0.39 is 0 Å². The van der Waals surface area contributed by atoms with Crippen molar-refractivity contribution in [2.24, 2.45) is 0 Å². The minimum atomic E-state index is -0.318. The number of anilines is 1. The zero-order chi connectivity index (χ0) is 18.1. The lowest BCUT2D eigenvalue weighted by Gasteiger charge is -2.11. The second-order valence-electron chi connectivity index (χ2n) is 6.07. The summed E-state index contributed by atoms with van der Waals surface area (Å²) in [4.78, 5) is 30.6. The molecule has 0 bridgehead atoms. The lowest BCUT2D eigenvalue weighted by atomic mass is 10.1. The Kier molecular flexibility index (Phi) is 4.22. The number of benzene rings is 1. The Morgan fingerprint density at radius 2 is 1.92 bits per heavy atom. The first-order valence-corrected chi connectivity index (χ1v) is 7.82. The van der Waals surface area contributed by atoms with Gasteiger partial charge in [-0.3, -0.25) is 9.59 Å². The van der Waals surface area contributed by atoms with Crippen molar-refractivity contribution < 1.29 is 9.59 Å². The second kappa shape index (κ2) is 6.35. The lowest BCUT2D eigenvalue weighted by Crippen LogP contribution is -2.22. The van der Waals surface area contributed by atoms with E-state index in [1.165, 1.54) is 11.1 Å². The summed E-state index contributed by atoms with van der Waals surface area (Å²) in [5.41, 5.74) is 3.67. The molecule has 2 heterocycles. The predicted octanol–water partition coefficient (Wildman–Crippen LogP) is 2.30. The van der Waals surface area contributed by atoms with Crippen LogP contribution in [0.4, 0.5) is 5.69 Å². The van der Waals surface area contributed by atoms with Gasteiger partial charge >= 0.3 is 0 Å². The van der Waals surface area contributed by atoms with E-state index in [1.54, 1.807) is 42.9 Å². The Morgan fingerprint density at radius 3 is 2.64 bits per heavy atom. The predicted molar refractivity (Wildman–Crippen MR) is 94.9 cm³/mol. The van der Waals surface area contributed by atoms with Crippen LogP contribution in [0.2, 0.25) is 0 Å². The molecule has 3 aromatic rings. The maximum atomic E-state index is 12.6. The van der Waals surface area contributed by atoms with Gasteiger partial charge in [0.25, 0.3) is 11.8 Å². The molecule has 2 amide bonds. The summed E-state index contributed by atoms with van der Waals surface area (Å²) in [6.07, 6.45) is 1.50. The molecule has 0 aliphatic carbocycles. The largest absolute Gasteiger partial charge is 0.345 e. The molecule has 1 N–H and O–H groups in total. The normalized spacial score (nSPS) is 10.7. The van der Waals surface area contributed by atoms with Gasteiger partial charge in [-0.25, -0.2) is 9.50 Å². The van der Waals surface area contributed by atoms with Crippen LogP contribution < -0.4 is 5.32 Å². The first-order valence-electron chi connectivity index (χ1n) is 7.82. The van der Waals surface area contributed by atoms with E-state index >= 15 is 0 Å². The number of nitrogens with zero attached hydrogens (tertiary/aromatic N) is 4. The molecule has 3 rings (SSSR count). The minimum absolute atomic E-state index is 0.125. The van der Waals surface area contributed by atoms with Crippen LogP contribution in [0.3, 0.4) is 0 Å². The number of hydrogen-bond donors (Lipinski definition) is 1. The molecule has 7 nitrogen and oxygen atoms in total. The van der Waals surface area contributed by atoms with Gasteiger partial charge in [0, 0.05) is 36.7 Å². The molecule has 0 saturated carbocycles. The number of amides is 2. The summed E-state index contributed by atoms with van der Waals surface area (Å²) in [6, 6.07) is 8.73. The summed E-state index contributed by atoms with van der Waals surface area (Å²) < 4.78 is 1.63. The molecule has 0 spiro atoms. The second-order valence-corrected chi connectivity index (χ2v) is 6.07. The molecule has 2 aromatic heterocycles. The Morgan fingerprint density at radius 1 is 1.16 bits per heavy atom.